The van der Waals surface area contributed by atoms with Crippen LogP contribution in [0.2, 0.25) is 0 Å². The molecule has 3 saturated carbocycles. The molecule has 1 unspecified atom stereocenters. The van der Waals surface area contributed by atoms with Crippen molar-refractivity contribution >= 4 is 0 Å². The van der Waals surface area contributed by atoms with Crippen LogP contribution in [0.5, 0.6) is 0 Å². The lowest BCUT2D eigenvalue weighted by Crippen LogP contribution is -2.53. The van der Waals surface area contributed by atoms with Gasteiger partial charge in [-0.1, -0.05) is 26.0 Å². The number of aliphatic hydroxyl groups is 1. The van der Waals surface area contributed by atoms with Crippen LogP contribution >= 0.6 is 0 Å². The number of fused-ring (bicyclic) bond motifs is 5. The van der Waals surface area contributed by atoms with Crippen molar-refractivity contribution in [3.05, 3.63) is 12.2 Å². The fourth-order valence-electron chi connectivity index (χ4n) is 6.72. The zero-order valence-corrected chi connectivity index (χ0v) is 13.1. The van der Waals surface area contributed by atoms with Crippen molar-refractivity contribution in [2.45, 2.75) is 71.3 Å². The molecule has 4 rings (SSSR count). The fourth-order valence-corrected chi connectivity index (χ4v) is 6.72. The standard InChI is InChI=1S/C19H30O/c1-18-9-3-4-16(18)15-6-5-13-12-14(20)7-11-19(13,2)17(15)8-10-18/h3,9,13-17,20H,4-8,10-12H2,1-2H3/t13?,14-,15+,16+,17+,18+,19+/m1/s1. The highest BCUT2D eigenvalue weighted by molar-refractivity contribution is 5.16. The maximum atomic E-state index is 10.0. The average molecular weight is 274 g/mol. The van der Waals surface area contributed by atoms with Crippen molar-refractivity contribution < 1.29 is 5.11 Å². The van der Waals surface area contributed by atoms with Gasteiger partial charge in [0.2, 0.25) is 0 Å². The molecule has 0 aromatic carbocycles. The van der Waals surface area contributed by atoms with Crippen LogP contribution in [0.15, 0.2) is 12.2 Å². The maximum Gasteiger partial charge on any atom is 0.0543 e. The lowest BCUT2D eigenvalue weighted by atomic mass is 9.45. The molecule has 0 bridgehead atoms. The highest BCUT2D eigenvalue weighted by Gasteiger charge is 2.56. The van der Waals surface area contributed by atoms with Gasteiger partial charge in [-0.15, -0.1) is 0 Å². The van der Waals surface area contributed by atoms with Gasteiger partial charge in [0.05, 0.1) is 6.10 Å². The summed E-state index contributed by atoms with van der Waals surface area (Å²) in [5.41, 5.74) is 1.05. The van der Waals surface area contributed by atoms with Gasteiger partial charge in [-0.25, -0.2) is 0 Å². The van der Waals surface area contributed by atoms with Gasteiger partial charge in [0.1, 0.15) is 0 Å². The summed E-state index contributed by atoms with van der Waals surface area (Å²) in [6.45, 7) is 5.09. The van der Waals surface area contributed by atoms with Gasteiger partial charge in [-0.2, -0.15) is 0 Å². The van der Waals surface area contributed by atoms with E-state index in [1.807, 2.05) is 0 Å². The van der Waals surface area contributed by atoms with Crippen LogP contribution in [0.25, 0.3) is 0 Å². The number of hydrogen-bond donors (Lipinski definition) is 1. The van der Waals surface area contributed by atoms with Gasteiger partial charge in [0.25, 0.3) is 0 Å². The van der Waals surface area contributed by atoms with Crippen LogP contribution in [-0.2, 0) is 0 Å². The van der Waals surface area contributed by atoms with Crippen molar-refractivity contribution in [2.75, 3.05) is 0 Å². The minimum Gasteiger partial charge on any atom is -0.393 e. The van der Waals surface area contributed by atoms with Gasteiger partial charge < -0.3 is 5.11 Å². The second-order valence-corrected chi connectivity index (χ2v) is 8.77. The molecule has 7 atom stereocenters. The number of hydrogen-bond acceptors (Lipinski definition) is 1. The SMILES string of the molecule is C[C@@]12C=CC[C@H]1[C@@H]1CCC3C[C@H](O)CC[C@]3(C)[C@H]1CC2. The normalized spacial score (nSPS) is 57.9. The summed E-state index contributed by atoms with van der Waals surface area (Å²) < 4.78 is 0. The summed E-state index contributed by atoms with van der Waals surface area (Å²) >= 11 is 0. The Morgan fingerprint density at radius 2 is 1.85 bits per heavy atom. The molecule has 112 valence electrons. The Bertz CT molecular complexity index is 427. The molecule has 20 heavy (non-hydrogen) atoms. The van der Waals surface area contributed by atoms with Crippen molar-refractivity contribution in [3.63, 3.8) is 0 Å². The quantitative estimate of drug-likeness (QED) is 0.642. The first-order chi connectivity index (χ1) is 9.53. The minimum absolute atomic E-state index is 0.00775. The van der Waals surface area contributed by atoms with Crippen LogP contribution in [0.1, 0.15) is 65.2 Å². The number of rotatable bonds is 0. The van der Waals surface area contributed by atoms with E-state index < -0.39 is 0 Å². The lowest BCUT2D eigenvalue weighted by molar-refractivity contribution is -0.116. The van der Waals surface area contributed by atoms with E-state index in [2.05, 4.69) is 26.0 Å². The predicted molar refractivity (Wildman–Crippen MR) is 82.3 cm³/mol. The predicted octanol–water partition coefficient (Wildman–Crippen LogP) is 4.56. The average Bonchev–Trinajstić information content (AvgIpc) is 2.81. The Morgan fingerprint density at radius 3 is 2.70 bits per heavy atom. The first kappa shape index (κ1) is 13.4. The van der Waals surface area contributed by atoms with Crippen LogP contribution in [-0.4, -0.2) is 11.2 Å². The number of allylic oxidation sites excluding steroid dienone is 2. The first-order valence-corrected chi connectivity index (χ1v) is 8.89. The second-order valence-electron chi connectivity index (χ2n) is 8.77. The molecule has 1 nitrogen and oxygen atoms in total. The summed E-state index contributed by atoms with van der Waals surface area (Å²) in [7, 11) is 0. The molecule has 3 fully saturated rings. The summed E-state index contributed by atoms with van der Waals surface area (Å²) in [5, 5.41) is 10.0. The van der Waals surface area contributed by atoms with E-state index in [1.165, 1.54) is 38.5 Å². The Hall–Kier alpha value is -0.300. The zero-order chi connectivity index (χ0) is 14.0. The fraction of sp³-hybridized carbons (Fsp3) is 0.895. The highest BCUT2D eigenvalue weighted by atomic mass is 16.3. The van der Waals surface area contributed by atoms with E-state index in [0.717, 1.165) is 36.5 Å². The zero-order valence-electron chi connectivity index (χ0n) is 13.1. The monoisotopic (exact) mass is 274 g/mol. The van der Waals surface area contributed by atoms with Crippen LogP contribution in [0.3, 0.4) is 0 Å². The lowest BCUT2D eigenvalue weighted by Gasteiger charge is -2.60. The molecule has 1 N–H and O–H groups in total. The molecule has 0 saturated heterocycles. The molecule has 0 aromatic heterocycles. The molecule has 4 aliphatic carbocycles. The molecule has 0 amide bonds. The minimum atomic E-state index is -0.00775. The third-order valence-corrected chi connectivity index (χ3v) is 7.96. The van der Waals surface area contributed by atoms with E-state index >= 15 is 0 Å². The largest absolute Gasteiger partial charge is 0.393 e. The van der Waals surface area contributed by atoms with E-state index in [4.69, 9.17) is 0 Å². The molecular weight excluding hydrogens is 244 g/mol. The topological polar surface area (TPSA) is 20.2 Å². The number of aliphatic hydroxyl groups excluding tert-OH is 1. The van der Waals surface area contributed by atoms with E-state index in [-0.39, 0.29) is 6.10 Å². The van der Waals surface area contributed by atoms with E-state index in [9.17, 15) is 5.11 Å². The molecule has 0 spiro atoms. The van der Waals surface area contributed by atoms with Crippen LogP contribution in [0, 0.1) is 34.5 Å². The molecular formula is C19H30O. The Morgan fingerprint density at radius 1 is 1.00 bits per heavy atom. The Balaban J connectivity index is 1.63. The first-order valence-electron chi connectivity index (χ1n) is 8.89. The van der Waals surface area contributed by atoms with Gasteiger partial charge in [0, 0.05) is 0 Å². The highest BCUT2D eigenvalue weighted by Crippen LogP contribution is 2.64. The van der Waals surface area contributed by atoms with Gasteiger partial charge in [-0.3, -0.25) is 0 Å². The Labute approximate surface area is 123 Å². The molecule has 0 heterocycles. The Kier molecular flexibility index (Phi) is 2.91. The van der Waals surface area contributed by atoms with Crippen molar-refractivity contribution in [1.82, 2.24) is 0 Å². The third-order valence-electron chi connectivity index (χ3n) is 7.96. The smallest absolute Gasteiger partial charge is 0.0543 e. The van der Waals surface area contributed by atoms with Gasteiger partial charge in [-0.05, 0) is 85.9 Å². The van der Waals surface area contributed by atoms with Crippen molar-refractivity contribution in [1.29, 1.82) is 0 Å². The molecule has 4 aliphatic rings. The maximum absolute atomic E-state index is 10.0. The van der Waals surface area contributed by atoms with Crippen LogP contribution in [0.4, 0.5) is 0 Å². The molecule has 1 heteroatoms. The summed E-state index contributed by atoms with van der Waals surface area (Å²) in [6, 6.07) is 0. The van der Waals surface area contributed by atoms with Gasteiger partial charge >= 0.3 is 0 Å². The van der Waals surface area contributed by atoms with Crippen molar-refractivity contribution in [2.24, 2.45) is 34.5 Å². The van der Waals surface area contributed by atoms with E-state index in [1.54, 1.807) is 0 Å². The third kappa shape index (κ3) is 1.71. The molecule has 0 aliphatic heterocycles. The van der Waals surface area contributed by atoms with Crippen LogP contribution < -0.4 is 0 Å². The van der Waals surface area contributed by atoms with Gasteiger partial charge in [0.15, 0.2) is 0 Å². The molecule has 0 aromatic rings. The van der Waals surface area contributed by atoms with Crippen molar-refractivity contribution in [3.8, 4) is 0 Å². The summed E-state index contributed by atoms with van der Waals surface area (Å²) in [5.74, 6) is 3.61. The second kappa shape index (κ2) is 4.35. The summed E-state index contributed by atoms with van der Waals surface area (Å²) in [6.07, 6.45) is 15.4. The van der Waals surface area contributed by atoms with E-state index in [0.29, 0.717) is 10.8 Å². The molecule has 0 radical (unpaired) electrons. The summed E-state index contributed by atoms with van der Waals surface area (Å²) in [4.78, 5) is 0.